The van der Waals surface area contributed by atoms with Gasteiger partial charge >= 0.3 is 0 Å². The second kappa shape index (κ2) is 9.50. The summed E-state index contributed by atoms with van der Waals surface area (Å²) in [5.41, 5.74) is 8.00. The van der Waals surface area contributed by atoms with Gasteiger partial charge in [0.05, 0.1) is 17.5 Å². The molecule has 33 heavy (non-hydrogen) atoms. The highest BCUT2D eigenvalue weighted by atomic mass is 79.9. The van der Waals surface area contributed by atoms with Crippen molar-refractivity contribution < 1.29 is 10.2 Å². The van der Waals surface area contributed by atoms with Crippen molar-refractivity contribution in [3.8, 4) is 0 Å². The number of hydrogen-bond acceptors (Lipinski definition) is 6. The van der Waals surface area contributed by atoms with E-state index in [9.17, 15) is 10.2 Å². The van der Waals surface area contributed by atoms with Gasteiger partial charge in [0, 0.05) is 17.2 Å². The summed E-state index contributed by atoms with van der Waals surface area (Å²) in [7, 11) is 0. The molecule has 1 saturated heterocycles. The standard InChI is InChI=1S/C24H29BrClN5O2/c25-17-13-31(23-19(17)22(27)28-24(26)29-23)18-12-16(20(32)21(18)33)15-7-10-30(11-8-15)9-6-14-4-2-1-3-5-14/h1-5,13,15-16,18,20-21,32-33H,6-12H2,(H2,27,28,29)/t16-,18-,20-,21+/m1/s1. The van der Waals surface area contributed by atoms with Gasteiger partial charge in [-0.05, 0) is 83.7 Å². The molecule has 1 saturated carbocycles. The third kappa shape index (κ3) is 4.51. The van der Waals surface area contributed by atoms with Crippen molar-refractivity contribution in [2.24, 2.45) is 11.8 Å². The quantitative estimate of drug-likeness (QED) is 0.432. The first-order chi connectivity index (χ1) is 15.9. The SMILES string of the molecule is Nc1nc(Cl)nc2c1c(Br)cn2[C@@H]1C[C@H](C2CCN(CCc3ccccc3)CC2)[C@@H](O)[C@H]1O. The minimum atomic E-state index is -0.872. The molecule has 1 aromatic carbocycles. The first-order valence-corrected chi connectivity index (χ1v) is 12.7. The van der Waals surface area contributed by atoms with Crippen LogP contribution in [-0.2, 0) is 6.42 Å². The summed E-state index contributed by atoms with van der Waals surface area (Å²) >= 11 is 9.59. The van der Waals surface area contributed by atoms with Crippen LogP contribution in [0.5, 0.6) is 0 Å². The number of aliphatic hydroxyl groups is 2. The fourth-order valence-electron chi connectivity index (χ4n) is 5.68. The van der Waals surface area contributed by atoms with Crippen molar-refractivity contribution in [2.45, 2.75) is 43.9 Å². The molecule has 3 heterocycles. The Morgan fingerprint density at radius 3 is 2.55 bits per heavy atom. The summed E-state index contributed by atoms with van der Waals surface area (Å²) in [5.74, 6) is 0.733. The Hall–Kier alpha value is -1.71. The predicted octanol–water partition coefficient (Wildman–Crippen LogP) is 3.67. The van der Waals surface area contributed by atoms with E-state index in [0.29, 0.717) is 29.2 Å². The minimum Gasteiger partial charge on any atom is -0.390 e. The molecule has 0 amide bonds. The van der Waals surface area contributed by atoms with Gasteiger partial charge in [-0.1, -0.05) is 30.3 Å². The Morgan fingerprint density at radius 1 is 1.09 bits per heavy atom. The van der Waals surface area contributed by atoms with E-state index in [4.69, 9.17) is 17.3 Å². The van der Waals surface area contributed by atoms with Gasteiger partial charge in [-0.15, -0.1) is 0 Å². The van der Waals surface area contributed by atoms with E-state index in [1.807, 2.05) is 10.8 Å². The molecular formula is C24H29BrClN5O2. The highest BCUT2D eigenvalue weighted by Gasteiger charge is 2.46. The molecule has 5 rings (SSSR count). The molecule has 0 bridgehead atoms. The van der Waals surface area contributed by atoms with Gasteiger partial charge in [-0.3, -0.25) is 0 Å². The van der Waals surface area contributed by atoms with Crippen LogP contribution in [0.2, 0.25) is 5.28 Å². The van der Waals surface area contributed by atoms with Crippen molar-refractivity contribution in [2.75, 3.05) is 25.4 Å². The predicted molar refractivity (Wildman–Crippen MR) is 133 cm³/mol. The lowest BCUT2D eigenvalue weighted by molar-refractivity contribution is -0.0122. The fourth-order valence-corrected chi connectivity index (χ4v) is 6.45. The number of halogens is 2. The van der Waals surface area contributed by atoms with Crippen LogP contribution in [0.15, 0.2) is 41.0 Å². The highest BCUT2D eigenvalue weighted by Crippen LogP contribution is 2.45. The number of nitrogens with zero attached hydrogens (tertiary/aromatic N) is 4. The third-order valence-corrected chi connectivity index (χ3v) is 8.25. The van der Waals surface area contributed by atoms with Crippen LogP contribution in [0.4, 0.5) is 5.82 Å². The highest BCUT2D eigenvalue weighted by molar-refractivity contribution is 9.10. The number of rotatable bonds is 5. The Kier molecular flexibility index (Phi) is 6.64. The van der Waals surface area contributed by atoms with Crippen LogP contribution < -0.4 is 5.73 Å². The van der Waals surface area contributed by atoms with E-state index < -0.39 is 12.2 Å². The molecule has 176 valence electrons. The lowest BCUT2D eigenvalue weighted by atomic mass is 9.82. The molecule has 2 aliphatic rings. The number of aliphatic hydroxyl groups excluding tert-OH is 2. The molecule has 0 radical (unpaired) electrons. The monoisotopic (exact) mass is 533 g/mol. The number of likely N-dealkylation sites (tertiary alicyclic amines) is 1. The first-order valence-electron chi connectivity index (χ1n) is 11.5. The maximum absolute atomic E-state index is 11.0. The number of aromatic nitrogens is 3. The van der Waals surface area contributed by atoms with Gasteiger partial charge in [0.2, 0.25) is 5.28 Å². The summed E-state index contributed by atoms with van der Waals surface area (Å²) in [6.07, 6.45) is 4.04. The average molecular weight is 535 g/mol. The van der Waals surface area contributed by atoms with Crippen molar-refractivity contribution in [3.05, 3.63) is 51.8 Å². The van der Waals surface area contributed by atoms with Crippen LogP contribution in [0, 0.1) is 11.8 Å². The summed E-state index contributed by atoms with van der Waals surface area (Å²) < 4.78 is 2.65. The topological polar surface area (TPSA) is 100 Å². The maximum atomic E-state index is 11.0. The third-order valence-electron chi connectivity index (χ3n) is 7.48. The van der Waals surface area contributed by atoms with E-state index in [2.05, 4.69) is 61.1 Å². The molecule has 4 N–H and O–H groups in total. The number of anilines is 1. The molecule has 9 heteroatoms. The molecule has 0 spiro atoms. The van der Waals surface area contributed by atoms with E-state index in [0.717, 1.165) is 43.4 Å². The number of hydrogen-bond donors (Lipinski definition) is 3. The minimum absolute atomic E-state index is 0.0483. The lowest BCUT2D eigenvalue weighted by Gasteiger charge is -2.36. The van der Waals surface area contributed by atoms with Crippen LogP contribution in [0.25, 0.3) is 11.0 Å². The molecule has 1 aliphatic carbocycles. The number of piperidine rings is 1. The summed E-state index contributed by atoms with van der Waals surface area (Å²) in [6, 6.07) is 10.3. The van der Waals surface area contributed by atoms with E-state index in [1.54, 1.807) is 0 Å². The van der Waals surface area contributed by atoms with Crippen LogP contribution in [0.3, 0.4) is 0 Å². The molecular weight excluding hydrogens is 506 g/mol. The largest absolute Gasteiger partial charge is 0.390 e. The smallest absolute Gasteiger partial charge is 0.226 e. The zero-order chi connectivity index (χ0) is 23.1. The Labute approximate surface area is 206 Å². The molecule has 0 unspecified atom stereocenters. The van der Waals surface area contributed by atoms with Crippen molar-refractivity contribution in [1.29, 1.82) is 0 Å². The van der Waals surface area contributed by atoms with Gasteiger partial charge in [0.25, 0.3) is 0 Å². The Bertz CT molecular complexity index is 1120. The number of fused-ring (bicyclic) bond motifs is 1. The van der Waals surface area contributed by atoms with E-state index in [1.165, 1.54) is 5.56 Å². The molecule has 3 aromatic rings. The normalized spacial score (nSPS) is 26.9. The molecule has 2 aromatic heterocycles. The summed E-state index contributed by atoms with van der Waals surface area (Å²) in [4.78, 5) is 10.9. The van der Waals surface area contributed by atoms with Crippen molar-refractivity contribution in [1.82, 2.24) is 19.4 Å². The van der Waals surface area contributed by atoms with Gasteiger partial charge in [-0.25, -0.2) is 4.98 Å². The van der Waals surface area contributed by atoms with Gasteiger partial charge in [-0.2, -0.15) is 4.98 Å². The van der Waals surface area contributed by atoms with Crippen LogP contribution >= 0.6 is 27.5 Å². The maximum Gasteiger partial charge on any atom is 0.226 e. The van der Waals surface area contributed by atoms with Crippen molar-refractivity contribution in [3.63, 3.8) is 0 Å². The van der Waals surface area contributed by atoms with E-state index in [-0.39, 0.29) is 17.2 Å². The van der Waals surface area contributed by atoms with Gasteiger partial charge in [0.15, 0.2) is 0 Å². The Balaban J connectivity index is 1.26. The molecule has 1 aliphatic heterocycles. The Morgan fingerprint density at radius 2 is 1.82 bits per heavy atom. The molecule has 4 atom stereocenters. The summed E-state index contributed by atoms with van der Waals surface area (Å²) in [5, 5.41) is 22.7. The van der Waals surface area contributed by atoms with Gasteiger partial charge < -0.3 is 25.4 Å². The van der Waals surface area contributed by atoms with Crippen LogP contribution in [-0.4, -0.2) is 61.5 Å². The van der Waals surface area contributed by atoms with E-state index >= 15 is 0 Å². The molecule has 2 fully saturated rings. The number of nitrogen functional groups attached to an aromatic ring is 1. The second-order valence-electron chi connectivity index (χ2n) is 9.32. The average Bonchev–Trinajstić information content (AvgIpc) is 3.29. The zero-order valence-electron chi connectivity index (χ0n) is 18.3. The van der Waals surface area contributed by atoms with Crippen molar-refractivity contribution >= 4 is 44.4 Å². The first kappa shape index (κ1) is 23.1. The lowest BCUT2D eigenvalue weighted by Crippen LogP contribution is -2.40. The summed E-state index contributed by atoms with van der Waals surface area (Å²) in [6.45, 7) is 3.11. The second-order valence-corrected chi connectivity index (χ2v) is 10.5. The fraction of sp³-hybridized carbons (Fsp3) is 0.500. The molecule has 7 nitrogen and oxygen atoms in total. The number of benzene rings is 1. The van der Waals surface area contributed by atoms with Gasteiger partial charge in [0.1, 0.15) is 17.6 Å². The zero-order valence-corrected chi connectivity index (χ0v) is 20.7. The van der Waals surface area contributed by atoms with Crippen LogP contribution in [0.1, 0.15) is 30.9 Å². The number of nitrogens with two attached hydrogens (primary N) is 1.